The van der Waals surface area contributed by atoms with Crippen LogP contribution in [0.1, 0.15) is 46.2 Å². The second kappa shape index (κ2) is 7.25. The zero-order valence-electron chi connectivity index (χ0n) is 16.2. The number of aromatic nitrogens is 1. The molecular weight excluding hydrogens is 380 g/mol. The summed E-state index contributed by atoms with van der Waals surface area (Å²) in [5.74, 6) is 0.516. The zero-order chi connectivity index (χ0) is 20.0. The molecule has 3 nitrogen and oxygen atoms in total. The number of aromatic amines is 1. The SMILES string of the molecule is Cc1ccc([C@H]2C[C@H](c3ccccc3NCO)c3c2[nH]c2ccc(Cl)cc32)cc1. The van der Waals surface area contributed by atoms with Crippen LogP contribution in [0, 0.1) is 6.92 Å². The Morgan fingerprint density at radius 2 is 1.83 bits per heavy atom. The Balaban J connectivity index is 1.71. The number of aliphatic hydroxyl groups excluding tert-OH is 1. The molecule has 5 rings (SSSR count). The number of anilines is 1. The topological polar surface area (TPSA) is 48.0 Å². The molecule has 1 aliphatic rings. The first kappa shape index (κ1) is 18.3. The van der Waals surface area contributed by atoms with Gasteiger partial charge in [0.05, 0.1) is 0 Å². The van der Waals surface area contributed by atoms with Crippen molar-refractivity contribution < 1.29 is 5.11 Å². The number of aliphatic hydroxyl groups is 1. The van der Waals surface area contributed by atoms with Gasteiger partial charge in [-0.1, -0.05) is 59.6 Å². The Bertz CT molecular complexity index is 1180. The van der Waals surface area contributed by atoms with Crippen molar-refractivity contribution in [2.45, 2.75) is 25.2 Å². The Labute approximate surface area is 175 Å². The third-order valence-electron chi connectivity index (χ3n) is 6.09. The summed E-state index contributed by atoms with van der Waals surface area (Å²) in [4.78, 5) is 3.69. The van der Waals surface area contributed by atoms with E-state index in [9.17, 15) is 5.11 Å². The summed E-state index contributed by atoms with van der Waals surface area (Å²) in [5, 5.41) is 14.5. The van der Waals surface area contributed by atoms with Crippen LogP contribution in [0.25, 0.3) is 10.9 Å². The third-order valence-corrected chi connectivity index (χ3v) is 6.32. The highest BCUT2D eigenvalue weighted by molar-refractivity contribution is 6.31. The molecule has 1 aromatic heterocycles. The third kappa shape index (κ3) is 3.11. The average Bonchev–Trinajstić information content (AvgIpc) is 3.27. The van der Waals surface area contributed by atoms with Gasteiger partial charge in [0.15, 0.2) is 0 Å². The van der Waals surface area contributed by atoms with Crippen LogP contribution in [0.15, 0.2) is 66.7 Å². The predicted octanol–water partition coefficient (Wildman–Crippen LogP) is 6.16. The van der Waals surface area contributed by atoms with Crippen molar-refractivity contribution in [1.29, 1.82) is 0 Å². The summed E-state index contributed by atoms with van der Waals surface area (Å²) in [6.45, 7) is 2.03. The van der Waals surface area contributed by atoms with Crippen LogP contribution in [-0.4, -0.2) is 16.8 Å². The van der Waals surface area contributed by atoms with Crippen LogP contribution in [0.4, 0.5) is 5.69 Å². The molecule has 0 bridgehead atoms. The summed E-state index contributed by atoms with van der Waals surface area (Å²) in [5.41, 5.74) is 8.49. The van der Waals surface area contributed by atoms with Crippen LogP contribution < -0.4 is 5.32 Å². The normalized spacial score (nSPS) is 18.2. The van der Waals surface area contributed by atoms with Crippen molar-refractivity contribution >= 4 is 28.2 Å². The van der Waals surface area contributed by atoms with Crippen LogP contribution >= 0.6 is 11.6 Å². The van der Waals surface area contributed by atoms with Crippen molar-refractivity contribution in [3.05, 3.63) is 99.7 Å². The number of benzene rings is 3. The quantitative estimate of drug-likeness (QED) is 0.358. The molecule has 29 heavy (non-hydrogen) atoms. The largest absolute Gasteiger partial charge is 0.377 e. The fourth-order valence-corrected chi connectivity index (χ4v) is 4.93. The minimum Gasteiger partial charge on any atom is -0.377 e. The first-order valence-corrected chi connectivity index (χ1v) is 10.3. The van der Waals surface area contributed by atoms with Gasteiger partial charge in [-0.05, 0) is 54.3 Å². The number of aryl methyl sites for hydroxylation is 1. The second-order valence-electron chi connectivity index (χ2n) is 7.82. The van der Waals surface area contributed by atoms with E-state index in [1.807, 2.05) is 18.2 Å². The maximum Gasteiger partial charge on any atom is 0.113 e. The number of fused-ring (bicyclic) bond motifs is 3. The van der Waals surface area contributed by atoms with Gasteiger partial charge >= 0.3 is 0 Å². The van der Waals surface area contributed by atoms with Crippen molar-refractivity contribution in [1.82, 2.24) is 4.98 Å². The van der Waals surface area contributed by atoms with Crippen LogP contribution in [-0.2, 0) is 0 Å². The number of hydrogen-bond donors (Lipinski definition) is 3. The number of rotatable bonds is 4. The summed E-state index contributed by atoms with van der Waals surface area (Å²) >= 11 is 6.36. The molecule has 3 N–H and O–H groups in total. The minimum atomic E-state index is -0.0856. The van der Waals surface area contributed by atoms with Gasteiger partial charge in [-0.3, -0.25) is 0 Å². The van der Waals surface area contributed by atoms with Gasteiger partial charge in [0, 0.05) is 39.1 Å². The van der Waals surface area contributed by atoms with Gasteiger partial charge in [-0.15, -0.1) is 0 Å². The maximum atomic E-state index is 9.47. The van der Waals surface area contributed by atoms with Gasteiger partial charge in [0.2, 0.25) is 0 Å². The van der Waals surface area contributed by atoms with Crippen LogP contribution in [0.5, 0.6) is 0 Å². The Morgan fingerprint density at radius 3 is 2.62 bits per heavy atom. The number of H-pyrrole nitrogens is 1. The highest BCUT2D eigenvalue weighted by atomic mass is 35.5. The second-order valence-corrected chi connectivity index (χ2v) is 8.25. The van der Waals surface area contributed by atoms with Gasteiger partial charge < -0.3 is 15.4 Å². The van der Waals surface area contributed by atoms with E-state index in [1.165, 1.54) is 33.3 Å². The molecule has 4 aromatic rings. The molecule has 0 amide bonds. The van der Waals surface area contributed by atoms with E-state index >= 15 is 0 Å². The highest BCUT2D eigenvalue weighted by Crippen LogP contribution is 2.52. The molecule has 3 aromatic carbocycles. The monoisotopic (exact) mass is 402 g/mol. The molecule has 0 radical (unpaired) electrons. The number of para-hydroxylation sites is 1. The molecule has 0 saturated carbocycles. The lowest BCUT2D eigenvalue weighted by Crippen LogP contribution is -2.06. The molecule has 1 aliphatic carbocycles. The van der Waals surface area contributed by atoms with E-state index in [4.69, 9.17) is 11.6 Å². The van der Waals surface area contributed by atoms with Crippen molar-refractivity contribution in [2.24, 2.45) is 0 Å². The van der Waals surface area contributed by atoms with E-state index in [0.29, 0.717) is 5.92 Å². The Hall–Kier alpha value is -2.75. The summed E-state index contributed by atoms with van der Waals surface area (Å²) < 4.78 is 0. The fourth-order valence-electron chi connectivity index (χ4n) is 4.76. The Morgan fingerprint density at radius 1 is 1.03 bits per heavy atom. The Kier molecular flexibility index (Phi) is 4.57. The van der Waals surface area contributed by atoms with E-state index < -0.39 is 0 Å². The molecular formula is C25H23ClN2O. The summed E-state index contributed by atoms with van der Waals surface area (Å²) in [7, 11) is 0. The highest BCUT2D eigenvalue weighted by Gasteiger charge is 2.37. The molecule has 2 atom stereocenters. The molecule has 0 spiro atoms. The minimum absolute atomic E-state index is 0.0856. The molecule has 0 fully saturated rings. The predicted molar refractivity (Wildman–Crippen MR) is 120 cm³/mol. The lowest BCUT2D eigenvalue weighted by Gasteiger charge is -2.18. The van der Waals surface area contributed by atoms with Crippen LogP contribution in [0.3, 0.4) is 0 Å². The van der Waals surface area contributed by atoms with Crippen molar-refractivity contribution in [3.8, 4) is 0 Å². The van der Waals surface area contributed by atoms with Gasteiger partial charge in [0.1, 0.15) is 6.73 Å². The zero-order valence-corrected chi connectivity index (χ0v) is 17.0. The molecule has 0 saturated heterocycles. The first-order valence-electron chi connectivity index (χ1n) is 9.97. The maximum absolute atomic E-state index is 9.47. The van der Waals surface area contributed by atoms with Crippen molar-refractivity contribution in [2.75, 3.05) is 12.0 Å². The molecule has 0 unspecified atom stereocenters. The molecule has 0 aliphatic heterocycles. The number of halogens is 1. The van der Waals surface area contributed by atoms with E-state index in [2.05, 4.69) is 65.8 Å². The van der Waals surface area contributed by atoms with Gasteiger partial charge in [0.25, 0.3) is 0 Å². The smallest absolute Gasteiger partial charge is 0.113 e. The average molecular weight is 403 g/mol. The summed E-state index contributed by atoms with van der Waals surface area (Å²) in [6.07, 6.45) is 0.983. The number of hydrogen-bond acceptors (Lipinski definition) is 2. The van der Waals surface area contributed by atoms with Crippen LogP contribution in [0.2, 0.25) is 5.02 Å². The van der Waals surface area contributed by atoms with E-state index in [1.54, 1.807) is 0 Å². The summed E-state index contributed by atoms with van der Waals surface area (Å²) in [6, 6.07) is 23.2. The molecule has 1 heterocycles. The van der Waals surface area contributed by atoms with Gasteiger partial charge in [-0.2, -0.15) is 0 Å². The van der Waals surface area contributed by atoms with E-state index in [0.717, 1.165) is 22.6 Å². The standard InChI is InChI=1S/C25H23ClN2O/c1-15-6-8-16(9-7-15)19-13-20(18-4-2-3-5-22(18)27-14-29)24-21-12-17(26)10-11-23(21)28-25(19)24/h2-12,19-20,27-29H,13-14H2,1H3/t19-,20-/m1/s1. The number of nitrogens with one attached hydrogen (secondary N) is 2. The lowest BCUT2D eigenvalue weighted by atomic mass is 9.88. The lowest BCUT2D eigenvalue weighted by molar-refractivity contribution is 0.325. The molecule has 4 heteroatoms. The first-order chi connectivity index (χ1) is 14.2. The molecule has 146 valence electrons. The van der Waals surface area contributed by atoms with Crippen molar-refractivity contribution in [3.63, 3.8) is 0 Å². The van der Waals surface area contributed by atoms with E-state index in [-0.39, 0.29) is 12.6 Å². The fraction of sp³-hybridized carbons (Fsp3) is 0.200. The van der Waals surface area contributed by atoms with Gasteiger partial charge in [-0.25, -0.2) is 0 Å².